The molecule has 0 aliphatic carbocycles. The fourth-order valence-corrected chi connectivity index (χ4v) is 2.47. The van der Waals surface area contributed by atoms with E-state index in [4.69, 9.17) is 0 Å². The number of hydrogen-bond acceptors (Lipinski definition) is 2. The maximum atomic E-state index is 12.1. The van der Waals surface area contributed by atoms with E-state index >= 15 is 0 Å². The third-order valence-electron chi connectivity index (χ3n) is 3.51. The van der Waals surface area contributed by atoms with Gasteiger partial charge in [-0.3, -0.25) is 0 Å². The lowest BCUT2D eigenvalue weighted by Gasteiger charge is -2.25. The van der Waals surface area contributed by atoms with Crippen LogP contribution in [-0.4, -0.2) is 18.9 Å². The summed E-state index contributed by atoms with van der Waals surface area (Å²) in [6, 6.07) is 6.48. The van der Waals surface area contributed by atoms with Gasteiger partial charge in [0.25, 0.3) is 0 Å². The monoisotopic (exact) mass is 303 g/mol. The molecular formula is C16H24F3NO. The Bertz CT molecular complexity index is 403. The normalized spacial score (nSPS) is 14.8. The highest BCUT2D eigenvalue weighted by Crippen LogP contribution is 2.23. The Morgan fingerprint density at radius 3 is 2.24 bits per heavy atom. The Hall–Kier alpha value is -1.23. The highest BCUT2D eigenvalue weighted by molar-refractivity contribution is 5.28. The topological polar surface area (TPSA) is 21.3 Å². The summed E-state index contributed by atoms with van der Waals surface area (Å²) < 4.78 is 40.2. The highest BCUT2D eigenvalue weighted by Gasteiger charge is 2.31. The van der Waals surface area contributed by atoms with Gasteiger partial charge >= 0.3 is 6.36 Å². The van der Waals surface area contributed by atoms with Crippen molar-refractivity contribution in [2.75, 3.05) is 6.54 Å². The molecule has 0 saturated carbocycles. The minimum absolute atomic E-state index is 0.173. The molecule has 2 unspecified atom stereocenters. The lowest BCUT2D eigenvalue weighted by Crippen LogP contribution is -2.36. The first-order valence-corrected chi connectivity index (χ1v) is 7.43. The standard InChI is InChI=1S/C16H24F3NO/c1-4-6-12(3)15(20-5-2)11-13-7-9-14(10-8-13)21-16(17,18)19/h7-10,12,15,20H,4-6,11H2,1-3H3. The van der Waals surface area contributed by atoms with Crippen LogP contribution in [0.5, 0.6) is 5.75 Å². The molecule has 0 aliphatic rings. The first kappa shape index (κ1) is 17.8. The summed E-state index contributed by atoms with van der Waals surface area (Å²) in [4.78, 5) is 0. The second kappa shape index (κ2) is 8.27. The van der Waals surface area contributed by atoms with Crippen LogP contribution in [0.2, 0.25) is 0 Å². The summed E-state index contributed by atoms with van der Waals surface area (Å²) >= 11 is 0. The molecule has 5 heteroatoms. The maximum absolute atomic E-state index is 12.1. The van der Waals surface area contributed by atoms with Crippen molar-refractivity contribution in [1.82, 2.24) is 5.32 Å². The molecule has 0 radical (unpaired) electrons. The minimum atomic E-state index is -4.64. The molecule has 1 aromatic rings. The van der Waals surface area contributed by atoms with Gasteiger partial charge in [-0.25, -0.2) is 0 Å². The van der Waals surface area contributed by atoms with E-state index in [1.165, 1.54) is 12.1 Å². The highest BCUT2D eigenvalue weighted by atomic mass is 19.4. The number of benzene rings is 1. The van der Waals surface area contributed by atoms with E-state index in [1.54, 1.807) is 12.1 Å². The number of alkyl halides is 3. The van der Waals surface area contributed by atoms with E-state index in [0.717, 1.165) is 31.4 Å². The SMILES string of the molecule is CCCC(C)C(Cc1ccc(OC(F)(F)F)cc1)NCC. The van der Waals surface area contributed by atoms with E-state index in [-0.39, 0.29) is 5.75 Å². The summed E-state index contributed by atoms with van der Waals surface area (Å²) in [5, 5.41) is 3.46. The molecule has 120 valence electrons. The molecule has 0 saturated heterocycles. The average Bonchev–Trinajstić information content (AvgIpc) is 2.39. The Balaban J connectivity index is 2.67. The van der Waals surface area contributed by atoms with Crippen LogP contribution in [0.3, 0.4) is 0 Å². The van der Waals surface area contributed by atoms with Crippen molar-refractivity contribution in [2.24, 2.45) is 5.92 Å². The fourth-order valence-electron chi connectivity index (χ4n) is 2.47. The lowest BCUT2D eigenvalue weighted by atomic mass is 9.91. The van der Waals surface area contributed by atoms with E-state index in [2.05, 4.69) is 30.8 Å². The van der Waals surface area contributed by atoms with Gasteiger partial charge < -0.3 is 10.1 Å². The van der Waals surface area contributed by atoms with Crippen molar-refractivity contribution < 1.29 is 17.9 Å². The quantitative estimate of drug-likeness (QED) is 0.761. The van der Waals surface area contributed by atoms with Crippen molar-refractivity contribution >= 4 is 0 Å². The first-order chi connectivity index (χ1) is 9.85. The number of halogens is 3. The van der Waals surface area contributed by atoms with E-state index < -0.39 is 6.36 Å². The van der Waals surface area contributed by atoms with Gasteiger partial charge in [0.15, 0.2) is 0 Å². The molecule has 0 aliphatic heterocycles. The molecule has 0 bridgehead atoms. The van der Waals surface area contributed by atoms with Crippen molar-refractivity contribution in [1.29, 1.82) is 0 Å². The zero-order valence-corrected chi connectivity index (χ0v) is 12.8. The van der Waals surface area contributed by atoms with Gasteiger partial charge in [0.1, 0.15) is 5.75 Å². The summed E-state index contributed by atoms with van der Waals surface area (Å²) in [5.74, 6) is 0.355. The Morgan fingerprint density at radius 1 is 1.14 bits per heavy atom. The number of rotatable bonds is 8. The van der Waals surface area contributed by atoms with E-state index in [0.29, 0.717) is 12.0 Å². The largest absolute Gasteiger partial charge is 0.573 e. The van der Waals surface area contributed by atoms with Crippen LogP contribution in [0.4, 0.5) is 13.2 Å². The molecule has 21 heavy (non-hydrogen) atoms. The Morgan fingerprint density at radius 2 is 1.76 bits per heavy atom. The van der Waals surface area contributed by atoms with Crippen molar-refractivity contribution in [3.05, 3.63) is 29.8 Å². The molecule has 1 N–H and O–H groups in total. The Kier molecular flexibility index (Phi) is 7.02. The average molecular weight is 303 g/mol. The van der Waals surface area contributed by atoms with Crippen LogP contribution >= 0.6 is 0 Å². The predicted molar refractivity (Wildman–Crippen MR) is 78.4 cm³/mol. The van der Waals surface area contributed by atoms with Crippen molar-refractivity contribution in [3.63, 3.8) is 0 Å². The number of ether oxygens (including phenoxy) is 1. The molecule has 0 fully saturated rings. The summed E-state index contributed by atoms with van der Waals surface area (Å²) in [6.07, 6.45) is -1.57. The molecule has 0 amide bonds. The van der Waals surface area contributed by atoms with Gasteiger partial charge in [0.05, 0.1) is 0 Å². The molecule has 1 rings (SSSR count). The van der Waals surface area contributed by atoms with Gasteiger partial charge in [-0.1, -0.05) is 39.3 Å². The van der Waals surface area contributed by atoms with Gasteiger partial charge in [0, 0.05) is 6.04 Å². The van der Waals surface area contributed by atoms with Crippen LogP contribution in [0, 0.1) is 5.92 Å². The zero-order valence-electron chi connectivity index (χ0n) is 12.8. The van der Waals surface area contributed by atoms with E-state index in [1.807, 2.05) is 0 Å². The lowest BCUT2D eigenvalue weighted by molar-refractivity contribution is -0.274. The number of likely N-dealkylation sites (N-methyl/N-ethyl adjacent to an activating group) is 1. The van der Waals surface area contributed by atoms with Crippen LogP contribution < -0.4 is 10.1 Å². The summed E-state index contributed by atoms with van der Waals surface area (Å²) in [5.41, 5.74) is 1.01. The number of nitrogens with one attached hydrogen (secondary N) is 1. The molecule has 0 spiro atoms. The Labute approximate surface area is 124 Å². The van der Waals surface area contributed by atoms with Gasteiger partial charge in [-0.15, -0.1) is 13.2 Å². The smallest absolute Gasteiger partial charge is 0.406 e. The zero-order chi connectivity index (χ0) is 15.9. The summed E-state index contributed by atoms with van der Waals surface area (Å²) in [7, 11) is 0. The van der Waals surface area contributed by atoms with Gasteiger partial charge in [-0.05, 0) is 43.0 Å². The van der Waals surface area contributed by atoms with E-state index in [9.17, 15) is 13.2 Å². The second-order valence-electron chi connectivity index (χ2n) is 5.33. The van der Waals surface area contributed by atoms with Crippen molar-refractivity contribution in [2.45, 2.75) is 52.4 Å². The third-order valence-corrected chi connectivity index (χ3v) is 3.51. The number of hydrogen-bond donors (Lipinski definition) is 1. The molecule has 2 nitrogen and oxygen atoms in total. The van der Waals surface area contributed by atoms with Crippen LogP contribution in [0.15, 0.2) is 24.3 Å². The minimum Gasteiger partial charge on any atom is -0.406 e. The fraction of sp³-hybridized carbons (Fsp3) is 0.625. The van der Waals surface area contributed by atoms with Crippen molar-refractivity contribution in [3.8, 4) is 5.75 Å². The molecule has 0 heterocycles. The molecule has 1 aromatic carbocycles. The van der Waals surface area contributed by atoms with Crippen LogP contribution in [0.25, 0.3) is 0 Å². The third kappa shape index (κ3) is 6.85. The van der Waals surface area contributed by atoms with Crippen LogP contribution in [-0.2, 0) is 6.42 Å². The molecule has 0 aromatic heterocycles. The van der Waals surface area contributed by atoms with Gasteiger partial charge in [0.2, 0.25) is 0 Å². The first-order valence-electron chi connectivity index (χ1n) is 7.43. The second-order valence-corrected chi connectivity index (χ2v) is 5.33. The van der Waals surface area contributed by atoms with Gasteiger partial charge in [-0.2, -0.15) is 0 Å². The predicted octanol–water partition coefficient (Wildman–Crippen LogP) is 4.54. The molecule has 2 atom stereocenters. The maximum Gasteiger partial charge on any atom is 0.573 e. The molecular weight excluding hydrogens is 279 g/mol. The van der Waals surface area contributed by atoms with Crippen LogP contribution in [0.1, 0.15) is 39.2 Å². The summed E-state index contributed by atoms with van der Waals surface area (Å²) in [6.45, 7) is 7.31.